The van der Waals surface area contributed by atoms with Crippen molar-refractivity contribution in [2.24, 2.45) is 41.2 Å². The summed E-state index contributed by atoms with van der Waals surface area (Å²) >= 11 is 11.7. The van der Waals surface area contributed by atoms with Gasteiger partial charge in [0, 0.05) is 51.5 Å². The Hall–Kier alpha value is -3.13. The molecule has 46 heavy (non-hydrogen) atoms. The number of nitrogens with one attached hydrogen (secondary N) is 3. The average Bonchev–Trinajstić information content (AvgIpc) is 3.78. The van der Waals surface area contributed by atoms with Crippen LogP contribution in [0.15, 0.2) is 72.9 Å². The lowest BCUT2D eigenvalue weighted by atomic mass is 9.99. The largest absolute Gasteiger partial charge is 0.367 e. The Morgan fingerprint density at radius 3 is 1.61 bits per heavy atom. The molecule has 5 N–H and O–H groups in total. The van der Waals surface area contributed by atoms with Crippen molar-refractivity contribution in [1.82, 2.24) is 15.6 Å². The zero-order valence-electron chi connectivity index (χ0n) is 26.5. The highest BCUT2D eigenvalue weighted by atomic mass is 35.5. The highest BCUT2D eigenvalue weighted by Gasteiger charge is 2.59. The second-order valence-corrected chi connectivity index (χ2v) is 14.4. The molecule has 0 bridgehead atoms. The number of carbonyl (C=O) groups excluding carboxylic acids is 2. The number of hydrogen-bond acceptors (Lipinski definition) is 5. The summed E-state index contributed by atoms with van der Waals surface area (Å²) < 4.78 is 0. The van der Waals surface area contributed by atoms with Gasteiger partial charge in [-0.1, -0.05) is 43.1 Å². The van der Waals surface area contributed by atoms with Gasteiger partial charge in [0.15, 0.2) is 0 Å². The summed E-state index contributed by atoms with van der Waals surface area (Å²) in [5.41, 5.74) is 7.32. The summed E-state index contributed by atoms with van der Waals surface area (Å²) in [6, 6.07) is 21.5. The van der Waals surface area contributed by atoms with Crippen molar-refractivity contribution in [1.29, 1.82) is 0 Å². The monoisotopic (exact) mass is 661 g/mol. The molecule has 2 aromatic carbocycles. The van der Waals surface area contributed by atoms with Gasteiger partial charge in [-0.3, -0.25) is 9.59 Å². The molecule has 6 unspecified atom stereocenters. The van der Waals surface area contributed by atoms with Gasteiger partial charge in [0.25, 0.3) is 11.8 Å². The highest BCUT2D eigenvalue weighted by molar-refractivity contribution is 6.31. The summed E-state index contributed by atoms with van der Waals surface area (Å²) in [6.07, 6.45) is 8.35. The Morgan fingerprint density at radius 2 is 1.20 bits per heavy atom. The van der Waals surface area contributed by atoms with Crippen LogP contribution in [0.4, 0.5) is 5.82 Å². The van der Waals surface area contributed by atoms with E-state index >= 15 is 0 Å². The summed E-state index contributed by atoms with van der Waals surface area (Å²) in [5.74, 6) is 5.11. The maximum atomic E-state index is 12.5. The molecule has 0 radical (unpaired) electrons. The summed E-state index contributed by atoms with van der Waals surface area (Å²) in [7, 11) is 0. The van der Waals surface area contributed by atoms with Gasteiger partial charge in [-0.25, -0.2) is 4.98 Å². The van der Waals surface area contributed by atoms with Crippen LogP contribution in [0.3, 0.4) is 0 Å². The van der Waals surface area contributed by atoms with Crippen molar-refractivity contribution < 1.29 is 9.59 Å². The van der Waals surface area contributed by atoms with Crippen LogP contribution in [0, 0.1) is 35.5 Å². The first-order chi connectivity index (χ1) is 22.2. The Kier molecular flexibility index (Phi) is 10.2. The maximum Gasteiger partial charge on any atom is 0.251 e. The molecule has 0 spiro atoms. The molecule has 4 aliphatic rings. The minimum Gasteiger partial charge on any atom is -0.367 e. The Morgan fingerprint density at radius 1 is 0.739 bits per heavy atom. The molecule has 1 heterocycles. The van der Waals surface area contributed by atoms with Crippen LogP contribution in [0.5, 0.6) is 0 Å². The molecule has 244 valence electrons. The van der Waals surface area contributed by atoms with Gasteiger partial charge in [0.2, 0.25) is 0 Å². The zero-order chi connectivity index (χ0) is 32.4. The van der Waals surface area contributed by atoms with Crippen LogP contribution in [0.25, 0.3) is 0 Å². The molecule has 4 fully saturated rings. The second-order valence-electron chi connectivity index (χ2n) is 13.6. The van der Waals surface area contributed by atoms with Crippen LogP contribution in [-0.2, 0) is 0 Å². The number of carbonyl (C=O) groups is 2. The number of nitrogens with two attached hydrogens (primary N) is 1. The predicted molar refractivity (Wildman–Crippen MR) is 185 cm³/mol. The van der Waals surface area contributed by atoms with E-state index in [9.17, 15) is 9.59 Å². The lowest BCUT2D eigenvalue weighted by Gasteiger charge is -2.22. The zero-order valence-corrected chi connectivity index (χ0v) is 28.1. The number of amides is 2. The Balaban J connectivity index is 0.000000167. The number of rotatable bonds is 10. The fourth-order valence-corrected chi connectivity index (χ4v) is 8.69. The van der Waals surface area contributed by atoms with Gasteiger partial charge in [-0.15, -0.1) is 0 Å². The van der Waals surface area contributed by atoms with Gasteiger partial charge in [-0.2, -0.15) is 0 Å². The molecule has 7 rings (SSSR count). The van der Waals surface area contributed by atoms with Crippen molar-refractivity contribution >= 4 is 40.8 Å². The molecule has 0 aliphatic heterocycles. The topological polar surface area (TPSA) is 109 Å². The number of hydrogen-bond donors (Lipinski definition) is 4. The van der Waals surface area contributed by atoms with E-state index in [0.717, 1.165) is 43.3 Å². The fraction of sp³-hybridized carbons (Fsp3) is 0.486. The smallest absolute Gasteiger partial charge is 0.251 e. The average molecular weight is 663 g/mol. The van der Waals surface area contributed by atoms with Gasteiger partial charge in [-0.05, 0) is 135 Å². The van der Waals surface area contributed by atoms with E-state index in [2.05, 4.69) is 34.8 Å². The molecule has 9 heteroatoms. The first kappa shape index (κ1) is 32.8. The lowest BCUT2D eigenvalue weighted by Crippen LogP contribution is -2.38. The standard InChI is InChI=1S/C21H24ClN3O.C16H21ClN2O/c1-2-18(25-21(26)13-6-8-14(22)9-7-13)20-16-11-15(12-17(16)20)24-19-5-3-4-10-23-19;1-2-14(15-12-7-11(18)8-13(12)15)19-16(20)9-3-5-10(17)6-4-9/h3-10,15-18,20H,2,11-12H2,1H3,(H,23,24)(H,25,26);3-6,11-15H,2,7-8,18H2,1H3,(H,19,20)/t15?,16-,17+,18?,20?;11?,12-,13+,14?,15?. The molecule has 4 aliphatic carbocycles. The van der Waals surface area contributed by atoms with E-state index in [-0.39, 0.29) is 23.9 Å². The Labute approximate surface area is 282 Å². The minimum atomic E-state index is 0.00153. The SMILES string of the molecule is CCC(NC(=O)c1ccc(Cl)cc1)C1[C@H]2CC(N)C[C@@H]12.CCC(NC(=O)c1ccc(Cl)cc1)C1[C@H]2CC(Nc3ccccn3)C[C@@H]12. The third-order valence-corrected chi connectivity index (χ3v) is 11.2. The number of benzene rings is 2. The van der Waals surface area contributed by atoms with E-state index in [1.807, 2.05) is 24.4 Å². The number of nitrogens with zero attached hydrogens (tertiary/aromatic N) is 1. The van der Waals surface area contributed by atoms with E-state index in [4.69, 9.17) is 28.9 Å². The van der Waals surface area contributed by atoms with Crippen molar-refractivity contribution in [2.45, 2.75) is 76.5 Å². The van der Waals surface area contributed by atoms with Crippen LogP contribution < -0.4 is 21.7 Å². The van der Waals surface area contributed by atoms with Crippen LogP contribution in [0.1, 0.15) is 73.1 Å². The normalized spacial score (nSPS) is 29.7. The van der Waals surface area contributed by atoms with E-state index in [1.165, 1.54) is 12.8 Å². The minimum absolute atomic E-state index is 0.00153. The van der Waals surface area contributed by atoms with Gasteiger partial charge >= 0.3 is 0 Å². The molecular formula is C37H45Cl2N5O2. The highest BCUT2D eigenvalue weighted by Crippen LogP contribution is 2.60. The molecule has 0 saturated heterocycles. The molecule has 1 aromatic heterocycles. The van der Waals surface area contributed by atoms with Crippen molar-refractivity contribution in [3.63, 3.8) is 0 Å². The number of anilines is 1. The van der Waals surface area contributed by atoms with E-state index in [1.54, 1.807) is 48.5 Å². The molecule has 10 atom stereocenters. The summed E-state index contributed by atoms with van der Waals surface area (Å²) in [6.45, 7) is 4.30. The summed E-state index contributed by atoms with van der Waals surface area (Å²) in [4.78, 5) is 29.1. The van der Waals surface area contributed by atoms with Crippen LogP contribution in [-0.4, -0.2) is 41.0 Å². The predicted octanol–water partition coefficient (Wildman–Crippen LogP) is 7.21. The van der Waals surface area contributed by atoms with Gasteiger partial charge in [0.1, 0.15) is 5.82 Å². The number of halogens is 2. The van der Waals surface area contributed by atoms with Crippen molar-refractivity contribution in [3.05, 3.63) is 94.1 Å². The number of aromatic nitrogens is 1. The quantitative estimate of drug-likeness (QED) is 0.184. The molecule has 2 amide bonds. The second kappa shape index (κ2) is 14.3. The molecule has 7 nitrogen and oxygen atoms in total. The molecular weight excluding hydrogens is 617 g/mol. The fourth-order valence-electron chi connectivity index (χ4n) is 8.44. The number of fused-ring (bicyclic) bond motifs is 2. The Bertz CT molecular complexity index is 1460. The van der Waals surface area contributed by atoms with E-state index < -0.39 is 0 Å². The van der Waals surface area contributed by atoms with Crippen molar-refractivity contribution in [3.8, 4) is 0 Å². The third-order valence-electron chi connectivity index (χ3n) is 10.7. The molecule has 4 saturated carbocycles. The number of pyridine rings is 1. The third kappa shape index (κ3) is 7.53. The lowest BCUT2D eigenvalue weighted by molar-refractivity contribution is 0.0919. The van der Waals surface area contributed by atoms with Gasteiger partial charge < -0.3 is 21.7 Å². The van der Waals surface area contributed by atoms with Crippen LogP contribution in [0.2, 0.25) is 10.0 Å². The van der Waals surface area contributed by atoms with E-state index in [0.29, 0.717) is 56.9 Å². The summed E-state index contributed by atoms with van der Waals surface area (Å²) in [5, 5.41) is 11.3. The van der Waals surface area contributed by atoms with Gasteiger partial charge in [0.05, 0.1) is 0 Å². The van der Waals surface area contributed by atoms with Crippen molar-refractivity contribution in [2.75, 3.05) is 5.32 Å². The maximum absolute atomic E-state index is 12.5. The van der Waals surface area contributed by atoms with Crippen LogP contribution >= 0.6 is 23.2 Å². The first-order valence-electron chi connectivity index (χ1n) is 16.8. The first-order valence-corrected chi connectivity index (χ1v) is 17.6. The molecule has 3 aromatic rings.